The topological polar surface area (TPSA) is 123 Å². The third-order valence-electron chi connectivity index (χ3n) is 6.47. The first-order valence-electron chi connectivity index (χ1n) is 14.0. The van der Waals surface area contributed by atoms with E-state index in [2.05, 4.69) is 10.6 Å². The molecule has 224 valence electrons. The van der Waals surface area contributed by atoms with Gasteiger partial charge in [0.15, 0.2) is 5.78 Å². The van der Waals surface area contributed by atoms with Crippen molar-refractivity contribution in [3.05, 3.63) is 60.7 Å². The van der Waals surface area contributed by atoms with Crippen molar-refractivity contribution in [1.29, 1.82) is 0 Å². The predicted molar refractivity (Wildman–Crippen MR) is 157 cm³/mol. The highest BCUT2D eigenvalue weighted by Crippen LogP contribution is 2.53. The van der Waals surface area contributed by atoms with Crippen LogP contribution in [0, 0.1) is 5.92 Å². The first-order valence-corrected chi connectivity index (χ1v) is 15.6. The van der Waals surface area contributed by atoms with Gasteiger partial charge in [-0.25, -0.2) is 9.36 Å². The smallest absolute Gasteiger partial charge is 0.444 e. The van der Waals surface area contributed by atoms with E-state index in [1.807, 2.05) is 26.0 Å². The normalized spacial score (nSPS) is 17.0. The zero-order valence-electron chi connectivity index (χ0n) is 24.7. The van der Waals surface area contributed by atoms with Crippen LogP contribution in [0.1, 0.15) is 60.8 Å². The van der Waals surface area contributed by atoms with Crippen LogP contribution in [0.5, 0.6) is 11.5 Å². The summed E-state index contributed by atoms with van der Waals surface area (Å²) in [5.74, 6) is -1.40. The summed E-state index contributed by atoms with van der Waals surface area (Å²) in [6, 6.07) is 15.6. The Labute approximate surface area is 242 Å². The molecule has 1 saturated heterocycles. The van der Waals surface area contributed by atoms with Gasteiger partial charge in [0, 0.05) is 6.54 Å². The number of nitrogens with zero attached hydrogens (tertiary/aromatic N) is 1. The quantitative estimate of drug-likeness (QED) is 0.322. The molecule has 10 nitrogen and oxygen atoms in total. The van der Waals surface area contributed by atoms with Crippen LogP contribution in [0.2, 0.25) is 0 Å². The molecule has 0 aromatic heterocycles. The van der Waals surface area contributed by atoms with Gasteiger partial charge in [0.25, 0.3) is 0 Å². The monoisotopic (exact) mass is 587 g/mol. The predicted octanol–water partition coefficient (Wildman–Crippen LogP) is 5.73. The lowest BCUT2D eigenvalue weighted by molar-refractivity contribution is -0.141. The van der Waals surface area contributed by atoms with Gasteiger partial charge in [0.1, 0.15) is 29.2 Å². The molecule has 2 N–H and O–H groups in total. The number of carbonyl (C=O) groups excluding carboxylic acids is 3. The van der Waals surface area contributed by atoms with E-state index >= 15 is 0 Å². The summed E-state index contributed by atoms with van der Waals surface area (Å²) >= 11 is 0. The number of nitrogens with one attached hydrogen (secondary N) is 2. The zero-order valence-corrected chi connectivity index (χ0v) is 25.6. The largest absolute Gasteiger partial charge is 0.452 e. The Bertz CT molecular complexity index is 1170. The summed E-state index contributed by atoms with van der Waals surface area (Å²) in [5.41, 5.74) is -0.725. The minimum atomic E-state index is -3.99. The van der Waals surface area contributed by atoms with E-state index in [-0.39, 0.29) is 18.2 Å². The van der Waals surface area contributed by atoms with Crippen molar-refractivity contribution in [2.75, 3.05) is 6.54 Å². The van der Waals surface area contributed by atoms with Crippen LogP contribution < -0.4 is 19.7 Å². The van der Waals surface area contributed by atoms with Crippen LogP contribution in [-0.2, 0) is 18.9 Å². The second-order valence-corrected chi connectivity index (χ2v) is 13.4. The molecule has 0 radical (unpaired) electrons. The highest BCUT2D eigenvalue weighted by molar-refractivity contribution is 7.55. The lowest BCUT2D eigenvalue weighted by Gasteiger charge is -2.32. The van der Waals surface area contributed by atoms with Crippen molar-refractivity contribution in [3.63, 3.8) is 0 Å². The van der Waals surface area contributed by atoms with Gasteiger partial charge >= 0.3 is 13.7 Å². The molecule has 1 heterocycles. The van der Waals surface area contributed by atoms with Gasteiger partial charge in [0.05, 0.1) is 0 Å². The van der Waals surface area contributed by atoms with E-state index in [1.54, 1.807) is 76.2 Å². The van der Waals surface area contributed by atoms with Gasteiger partial charge < -0.3 is 29.3 Å². The van der Waals surface area contributed by atoms with Crippen LogP contribution in [0.3, 0.4) is 0 Å². The second kappa shape index (κ2) is 13.9. The Morgan fingerprint density at radius 3 is 1.95 bits per heavy atom. The van der Waals surface area contributed by atoms with Crippen molar-refractivity contribution in [1.82, 2.24) is 15.5 Å². The molecule has 3 atom stereocenters. The Hall–Kier alpha value is -3.52. The zero-order chi connectivity index (χ0) is 30.2. The number of rotatable bonds is 11. The Morgan fingerprint density at radius 2 is 1.49 bits per heavy atom. The third kappa shape index (κ3) is 8.98. The first kappa shape index (κ1) is 32.0. The summed E-state index contributed by atoms with van der Waals surface area (Å²) in [6.45, 7) is 11.0. The maximum absolute atomic E-state index is 14.3. The number of para-hydroxylation sites is 2. The summed E-state index contributed by atoms with van der Waals surface area (Å²) in [7, 11) is -3.99. The van der Waals surface area contributed by atoms with Crippen molar-refractivity contribution < 1.29 is 32.7 Å². The van der Waals surface area contributed by atoms with E-state index in [0.29, 0.717) is 30.9 Å². The maximum Gasteiger partial charge on any atom is 0.452 e. The number of hydrogen-bond acceptors (Lipinski definition) is 7. The minimum absolute atomic E-state index is 0.248. The van der Waals surface area contributed by atoms with E-state index < -0.39 is 43.1 Å². The number of carbonyl (C=O) groups is 3. The van der Waals surface area contributed by atoms with Gasteiger partial charge in [-0.15, -0.1) is 0 Å². The molecule has 1 unspecified atom stereocenters. The van der Waals surface area contributed by atoms with Crippen molar-refractivity contribution in [2.24, 2.45) is 5.92 Å². The van der Waals surface area contributed by atoms with Gasteiger partial charge in [-0.1, -0.05) is 57.2 Å². The number of amides is 3. The third-order valence-corrected chi connectivity index (χ3v) is 8.66. The van der Waals surface area contributed by atoms with E-state index in [0.717, 1.165) is 0 Å². The highest BCUT2D eigenvalue weighted by atomic mass is 31.2. The molecule has 3 rings (SSSR count). The van der Waals surface area contributed by atoms with Crippen LogP contribution in [0.15, 0.2) is 60.7 Å². The Balaban J connectivity index is 1.80. The molecular formula is C30H42N3O7P. The molecule has 0 spiro atoms. The van der Waals surface area contributed by atoms with Crippen LogP contribution in [0.4, 0.5) is 4.79 Å². The molecule has 1 aliphatic rings. The lowest BCUT2D eigenvalue weighted by Crippen LogP contribution is -2.56. The number of likely N-dealkylation sites (tertiary alicyclic amines) is 1. The highest BCUT2D eigenvalue weighted by Gasteiger charge is 2.44. The number of alkyl carbamates (subject to hydrolysis) is 1. The van der Waals surface area contributed by atoms with Gasteiger partial charge in [-0.2, -0.15) is 0 Å². The maximum atomic E-state index is 14.3. The fourth-order valence-electron chi connectivity index (χ4n) is 4.50. The minimum Gasteiger partial charge on any atom is -0.444 e. The Kier molecular flexibility index (Phi) is 10.8. The SMILES string of the molecule is CCC(NC(=O)[C@@H]1CCCN1C(=O)[C@@H](NC(=O)OC(C)(C)C)C(C)C)P(=O)(Oc1ccccc1)Oc1ccccc1. The molecule has 2 aromatic rings. The molecule has 1 aliphatic heterocycles. The van der Waals surface area contributed by atoms with Gasteiger partial charge in [-0.3, -0.25) is 9.59 Å². The molecule has 41 heavy (non-hydrogen) atoms. The molecule has 0 saturated carbocycles. The first-order chi connectivity index (χ1) is 19.3. The molecule has 1 fully saturated rings. The molecule has 0 bridgehead atoms. The van der Waals surface area contributed by atoms with Crippen molar-refractivity contribution in [3.8, 4) is 11.5 Å². The molecule has 3 amide bonds. The van der Waals surface area contributed by atoms with Gasteiger partial charge in [-0.05, 0) is 70.2 Å². The van der Waals surface area contributed by atoms with E-state index in [4.69, 9.17) is 13.8 Å². The standard InChI is InChI=1S/C30H42N3O7P/c1-7-25(41(37,39-22-15-10-8-11-16-22)40-23-17-12-9-13-18-23)31-27(34)24-19-14-20-33(24)28(35)26(21(2)3)32-29(36)38-30(4,5)6/h8-13,15-18,21,24-26H,7,14,19-20H2,1-6H3,(H,31,34)(H,32,36)/t24-,25?,26-/m0/s1. The lowest BCUT2D eigenvalue weighted by atomic mass is 10.0. The average molecular weight is 588 g/mol. The van der Waals surface area contributed by atoms with Crippen LogP contribution in [-0.4, -0.2) is 52.8 Å². The fourth-order valence-corrected chi connectivity index (χ4v) is 6.35. The molecule has 0 aliphatic carbocycles. The average Bonchev–Trinajstić information content (AvgIpc) is 3.40. The Morgan fingerprint density at radius 1 is 0.951 bits per heavy atom. The summed E-state index contributed by atoms with van der Waals surface area (Å²) in [5, 5.41) is 5.53. The summed E-state index contributed by atoms with van der Waals surface area (Å²) in [6.07, 6.45) is 0.580. The number of ether oxygens (including phenoxy) is 1. The van der Waals surface area contributed by atoms with E-state index in [1.165, 1.54) is 4.90 Å². The van der Waals surface area contributed by atoms with Crippen LogP contribution >= 0.6 is 7.60 Å². The molecule has 11 heteroatoms. The number of benzene rings is 2. The van der Waals surface area contributed by atoms with Crippen LogP contribution in [0.25, 0.3) is 0 Å². The molecule has 2 aromatic carbocycles. The summed E-state index contributed by atoms with van der Waals surface area (Å²) in [4.78, 5) is 41.2. The van der Waals surface area contributed by atoms with Gasteiger partial charge in [0.2, 0.25) is 11.8 Å². The van der Waals surface area contributed by atoms with Crippen molar-refractivity contribution >= 4 is 25.5 Å². The molecular weight excluding hydrogens is 545 g/mol. The van der Waals surface area contributed by atoms with Crippen molar-refractivity contribution in [2.45, 2.75) is 84.3 Å². The second-order valence-electron chi connectivity index (χ2n) is 11.3. The van der Waals surface area contributed by atoms with E-state index in [9.17, 15) is 18.9 Å². The number of hydrogen-bond donors (Lipinski definition) is 2. The fraction of sp³-hybridized carbons (Fsp3) is 0.500. The summed E-state index contributed by atoms with van der Waals surface area (Å²) < 4.78 is 31.5.